The molecular formula is C27H39ClN2O4. The van der Waals surface area contributed by atoms with Crippen LogP contribution in [0, 0.1) is 0 Å². The van der Waals surface area contributed by atoms with Crippen molar-refractivity contribution in [3.05, 3.63) is 40.9 Å². The summed E-state index contributed by atoms with van der Waals surface area (Å²) in [5, 5.41) is 3.35. The van der Waals surface area contributed by atoms with Crippen LogP contribution in [-0.4, -0.2) is 48.4 Å². The number of carbonyl (C=O) groups excluding carboxylic acids is 3. The molecule has 1 aromatic carbocycles. The SMILES string of the molecule is CCCCCCCCCCCCOC(=O)CC1C(=O)NCCN1C(=O)/C=C/c1ccc(Cl)cc1. The first kappa shape index (κ1) is 27.9. The Hall–Kier alpha value is -2.34. The predicted octanol–water partition coefficient (Wildman–Crippen LogP) is 5.53. The second-order valence-corrected chi connectivity index (χ2v) is 9.27. The number of piperazine rings is 1. The molecule has 0 aromatic heterocycles. The number of nitrogens with one attached hydrogen (secondary N) is 1. The maximum Gasteiger partial charge on any atom is 0.308 e. The summed E-state index contributed by atoms with van der Waals surface area (Å²) in [4.78, 5) is 38.8. The number of unbranched alkanes of at least 4 members (excludes halogenated alkanes) is 9. The molecule has 1 aliphatic heterocycles. The van der Waals surface area contributed by atoms with Gasteiger partial charge in [-0.15, -0.1) is 0 Å². The van der Waals surface area contributed by atoms with E-state index in [0.29, 0.717) is 24.7 Å². The highest BCUT2D eigenvalue weighted by atomic mass is 35.5. The molecule has 1 heterocycles. The Labute approximate surface area is 209 Å². The topological polar surface area (TPSA) is 75.7 Å². The van der Waals surface area contributed by atoms with Crippen molar-refractivity contribution in [1.29, 1.82) is 0 Å². The number of hydrogen-bond donors (Lipinski definition) is 1. The van der Waals surface area contributed by atoms with Crippen molar-refractivity contribution in [2.75, 3.05) is 19.7 Å². The third kappa shape index (κ3) is 10.7. The summed E-state index contributed by atoms with van der Waals surface area (Å²) in [6, 6.07) is 6.24. The first-order valence-electron chi connectivity index (χ1n) is 12.7. The van der Waals surface area contributed by atoms with Gasteiger partial charge in [-0.25, -0.2) is 0 Å². The minimum atomic E-state index is -0.851. The fraction of sp³-hybridized carbons (Fsp3) is 0.593. The zero-order chi connectivity index (χ0) is 24.6. The Morgan fingerprint density at radius 3 is 2.29 bits per heavy atom. The standard InChI is InChI=1S/C27H39ClN2O4/c1-2-3-4-5-6-7-8-9-10-11-20-34-26(32)21-24-27(33)29-18-19-30(24)25(31)17-14-22-12-15-23(28)16-13-22/h12-17,24H,2-11,18-21H2,1H3,(H,29,33)/b17-14+. The van der Waals surface area contributed by atoms with Crippen LogP contribution in [0.25, 0.3) is 6.08 Å². The van der Waals surface area contributed by atoms with Gasteiger partial charge in [0.25, 0.3) is 0 Å². The zero-order valence-corrected chi connectivity index (χ0v) is 21.2. The van der Waals surface area contributed by atoms with E-state index in [4.69, 9.17) is 16.3 Å². The average Bonchev–Trinajstić information content (AvgIpc) is 2.83. The number of benzene rings is 1. The highest BCUT2D eigenvalue weighted by molar-refractivity contribution is 6.30. The normalized spacial score (nSPS) is 16.0. The van der Waals surface area contributed by atoms with Crippen LogP contribution >= 0.6 is 11.6 Å². The van der Waals surface area contributed by atoms with Crippen LogP contribution in [0.1, 0.15) is 83.1 Å². The van der Waals surface area contributed by atoms with Crippen molar-refractivity contribution in [2.45, 2.75) is 83.6 Å². The molecule has 0 aliphatic carbocycles. The molecule has 1 aromatic rings. The molecule has 1 atom stereocenters. The third-order valence-corrected chi connectivity index (χ3v) is 6.28. The van der Waals surface area contributed by atoms with Crippen molar-refractivity contribution in [3.8, 4) is 0 Å². The van der Waals surface area contributed by atoms with Crippen LogP contribution in [0.3, 0.4) is 0 Å². The Morgan fingerprint density at radius 1 is 1.03 bits per heavy atom. The number of carbonyl (C=O) groups is 3. The second kappa shape index (κ2) is 16.3. The Bertz CT molecular complexity index is 794. The fourth-order valence-corrected chi connectivity index (χ4v) is 4.14. The van der Waals surface area contributed by atoms with E-state index in [1.54, 1.807) is 30.3 Å². The number of halogens is 1. The maximum atomic E-state index is 12.7. The summed E-state index contributed by atoms with van der Waals surface area (Å²) in [5.41, 5.74) is 0.826. The van der Waals surface area contributed by atoms with E-state index < -0.39 is 12.0 Å². The van der Waals surface area contributed by atoms with Crippen LogP contribution in [0.4, 0.5) is 0 Å². The molecule has 1 aliphatic rings. The Kier molecular flexibility index (Phi) is 13.4. The van der Waals surface area contributed by atoms with Crippen LogP contribution < -0.4 is 5.32 Å². The molecule has 1 fully saturated rings. The van der Waals surface area contributed by atoms with E-state index in [1.165, 1.54) is 55.9 Å². The number of esters is 1. The van der Waals surface area contributed by atoms with Crippen molar-refractivity contribution < 1.29 is 19.1 Å². The molecule has 2 amide bonds. The summed E-state index contributed by atoms with van der Waals surface area (Å²) in [6.45, 7) is 3.30. The summed E-state index contributed by atoms with van der Waals surface area (Å²) in [7, 11) is 0. The molecule has 34 heavy (non-hydrogen) atoms. The largest absolute Gasteiger partial charge is 0.466 e. The van der Waals surface area contributed by atoms with Gasteiger partial charge in [-0.1, -0.05) is 88.4 Å². The number of ether oxygens (including phenoxy) is 1. The van der Waals surface area contributed by atoms with Crippen LogP contribution in [0.5, 0.6) is 0 Å². The van der Waals surface area contributed by atoms with Crippen molar-refractivity contribution in [1.82, 2.24) is 10.2 Å². The highest BCUT2D eigenvalue weighted by Gasteiger charge is 2.34. The van der Waals surface area contributed by atoms with Gasteiger partial charge in [-0.3, -0.25) is 14.4 Å². The number of rotatable bonds is 15. The number of nitrogens with zero attached hydrogens (tertiary/aromatic N) is 1. The zero-order valence-electron chi connectivity index (χ0n) is 20.4. The maximum absolute atomic E-state index is 12.7. The average molecular weight is 491 g/mol. The lowest BCUT2D eigenvalue weighted by molar-refractivity contribution is -0.150. The van der Waals surface area contributed by atoms with Gasteiger partial charge in [0.1, 0.15) is 6.04 Å². The van der Waals surface area contributed by atoms with Crippen molar-refractivity contribution in [2.24, 2.45) is 0 Å². The molecular weight excluding hydrogens is 452 g/mol. The van der Waals surface area contributed by atoms with Gasteiger partial charge in [0, 0.05) is 24.2 Å². The van der Waals surface area contributed by atoms with Gasteiger partial charge in [0.15, 0.2) is 0 Å². The summed E-state index contributed by atoms with van der Waals surface area (Å²) in [6.07, 6.45) is 15.1. The lowest BCUT2D eigenvalue weighted by Crippen LogP contribution is -2.57. The fourth-order valence-electron chi connectivity index (χ4n) is 4.01. The van der Waals surface area contributed by atoms with E-state index in [2.05, 4.69) is 12.2 Å². The first-order valence-corrected chi connectivity index (χ1v) is 13.1. The van der Waals surface area contributed by atoms with E-state index in [-0.39, 0.29) is 18.2 Å². The smallest absolute Gasteiger partial charge is 0.308 e. The molecule has 1 unspecified atom stereocenters. The number of amides is 2. The number of hydrogen-bond acceptors (Lipinski definition) is 4. The lowest BCUT2D eigenvalue weighted by atomic mass is 10.1. The van der Waals surface area contributed by atoms with Crippen molar-refractivity contribution in [3.63, 3.8) is 0 Å². The third-order valence-electron chi connectivity index (χ3n) is 6.02. The van der Waals surface area contributed by atoms with E-state index in [0.717, 1.165) is 24.8 Å². The van der Waals surface area contributed by atoms with Crippen LogP contribution in [-0.2, 0) is 19.1 Å². The summed E-state index contributed by atoms with van der Waals surface area (Å²) >= 11 is 5.89. The first-order chi connectivity index (χ1) is 16.5. The molecule has 1 N–H and O–H groups in total. The van der Waals surface area contributed by atoms with Crippen molar-refractivity contribution >= 4 is 35.5 Å². The van der Waals surface area contributed by atoms with E-state index in [1.807, 2.05) is 0 Å². The van der Waals surface area contributed by atoms with Gasteiger partial charge in [0.2, 0.25) is 11.8 Å². The predicted molar refractivity (Wildman–Crippen MR) is 136 cm³/mol. The minimum Gasteiger partial charge on any atom is -0.466 e. The molecule has 0 radical (unpaired) electrons. The van der Waals surface area contributed by atoms with Gasteiger partial charge in [-0.05, 0) is 30.2 Å². The minimum absolute atomic E-state index is 0.135. The molecule has 0 saturated carbocycles. The van der Waals surface area contributed by atoms with Gasteiger partial charge >= 0.3 is 5.97 Å². The van der Waals surface area contributed by atoms with E-state index in [9.17, 15) is 14.4 Å². The quantitative estimate of drug-likeness (QED) is 0.199. The monoisotopic (exact) mass is 490 g/mol. The van der Waals surface area contributed by atoms with Gasteiger partial charge in [0.05, 0.1) is 13.0 Å². The lowest BCUT2D eigenvalue weighted by Gasteiger charge is -2.33. The van der Waals surface area contributed by atoms with Gasteiger partial charge < -0.3 is 15.0 Å². The Balaban J connectivity index is 1.69. The second-order valence-electron chi connectivity index (χ2n) is 8.83. The molecule has 6 nitrogen and oxygen atoms in total. The Morgan fingerprint density at radius 2 is 1.65 bits per heavy atom. The van der Waals surface area contributed by atoms with E-state index >= 15 is 0 Å². The molecule has 7 heteroatoms. The van der Waals surface area contributed by atoms with Crippen LogP contribution in [0.15, 0.2) is 30.3 Å². The summed E-state index contributed by atoms with van der Waals surface area (Å²) < 4.78 is 5.35. The molecule has 188 valence electrons. The molecule has 2 rings (SSSR count). The molecule has 0 spiro atoms. The summed E-state index contributed by atoms with van der Waals surface area (Å²) in [5.74, 6) is -1.08. The molecule has 0 bridgehead atoms. The molecule has 1 saturated heterocycles. The van der Waals surface area contributed by atoms with Crippen LogP contribution in [0.2, 0.25) is 5.02 Å². The van der Waals surface area contributed by atoms with Gasteiger partial charge in [-0.2, -0.15) is 0 Å². The highest BCUT2D eigenvalue weighted by Crippen LogP contribution is 2.14.